The van der Waals surface area contributed by atoms with Gasteiger partial charge in [0.25, 0.3) is 0 Å². The van der Waals surface area contributed by atoms with Gasteiger partial charge in [-0.05, 0) is 24.3 Å². The van der Waals surface area contributed by atoms with Crippen molar-refractivity contribution in [2.45, 2.75) is 6.18 Å². The van der Waals surface area contributed by atoms with Crippen molar-refractivity contribution < 1.29 is 47.0 Å². The van der Waals surface area contributed by atoms with Gasteiger partial charge in [0.2, 0.25) is 5.69 Å². The van der Waals surface area contributed by atoms with E-state index >= 15 is 0 Å². The van der Waals surface area contributed by atoms with Gasteiger partial charge in [-0.15, -0.1) is 0 Å². The molecule has 0 radical (unpaired) electrons. The molecule has 13 heteroatoms. The summed E-state index contributed by atoms with van der Waals surface area (Å²) in [4.78, 5) is 35.2. The number of benzene rings is 2. The van der Waals surface area contributed by atoms with E-state index in [1.807, 2.05) is 0 Å². The van der Waals surface area contributed by atoms with E-state index in [0.29, 0.717) is 0 Å². The Morgan fingerprint density at radius 1 is 1.12 bits per heavy atom. The summed E-state index contributed by atoms with van der Waals surface area (Å²) >= 11 is 0. The standard InChI is InChI=1S/C20H19F3N2O8/c1-25(8-9-31-2,19(28)32-3)16-11-14(10-15(18(26)27)17(16)24(29)30)33-13-6-4-12(5-7-13)20(21,22)23/h4-7,10-11H,8-9H2,1-3H3/p+1. The van der Waals surface area contributed by atoms with Crippen LogP contribution in [0.3, 0.4) is 0 Å². The van der Waals surface area contributed by atoms with Crippen molar-refractivity contribution >= 4 is 23.4 Å². The first-order chi connectivity index (χ1) is 15.3. The minimum Gasteiger partial charge on any atom is -0.477 e. The molecular weight excluding hydrogens is 453 g/mol. The highest BCUT2D eigenvalue weighted by Crippen LogP contribution is 2.41. The van der Waals surface area contributed by atoms with E-state index < -0.39 is 44.5 Å². The molecule has 1 atom stereocenters. The van der Waals surface area contributed by atoms with Crippen molar-refractivity contribution in [2.24, 2.45) is 0 Å². The van der Waals surface area contributed by atoms with Crippen LogP contribution >= 0.6 is 0 Å². The molecule has 33 heavy (non-hydrogen) atoms. The van der Waals surface area contributed by atoms with Gasteiger partial charge in [0, 0.05) is 19.2 Å². The van der Waals surface area contributed by atoms with Crippen LogP contribution in [0.15, 0.2) is 36.4 Å². The highest BCUT2D eigenvalue weighted by molar-refractivity contribution is 5.98. The molecule has 0 heterocycles. The maximum atomic E-state index is 12.8. The number of methoxy groups -OCH3 is 2. The van der Waals surface area contributed by atoms with Crippen LogP contribution in [-0.2, 0) is 15.7 Å². The molecule has 0 spiro atoms. The number of halogens is 3. The van der Waals surface area contributed by atoms with E-state index in [-0.39, 0.29) is 30.3 Å². The Labute approximate surface area is 185 Å². The molecule has 0 aromatic heterocycles. The number of hydrogen-bond acceptors (Lipinski definition) is 7. The Kier molecular flexibility index (Phi) is 7.61. The number of aromatic carboxylic acids is 1. The summed E-state index contributed by atoms with van der Waals surface area (Å²) in [6.07, 6.45) is -5.52. The fourth-order valence-electron chi connectivity index (χ4n) is 3.02. The molecule has 0 aliphatic rings. The van der Waals surface area contributed by atoms with E-state index in [0.717, 1.165) is 43.5 Å². The second kappa shape index (κ2) is 9.83. The second-order valence-electron chi connectivity index (χ2n) is 6.90. The van der Waals surface area contributed by atoms with Crippen molar-refractivity contribution in [1.82, 2.24) is 4.48 Å². The van der Waals surface area contributed by atoms with Crippen LogP contribution in [0.5, 0.6) is 11.5 Å². The van der Waals surface area contributed by atoms with Crippen LogP contribution in [0.2, 0.25) is 0 Å². The molecule has 0 aliphatic carbocycles. The van der Waals surface area contributed by atoms with E-state index in [4.69, 9.17) is 14.2 Å². The molecule has 1 unspecified atom stereocenters. The molecule has 1 amide bonds. The minimum atomic E-state index is -4.57. The van der Waals surface area contributed by atoms with Gasteiger partial charge in [-0.2, -0.15) is 22.4 Å². The number of carbonyl (C=O) groups is 2. The van der Waals surface area contributed by atoms with Crippen molar-refractivity contribution in [3.8, 4) is 11.5 Å². The topological polar surface area (TPSA) is 125 Å². The number of carboxylic acid groups (broad SMARTS) is 1. The summed E-state index contributed by atoms with van der Waals surface area (Å²) in [7, 11) is 3.65. The summed E-state index contributed by atoms with van der Waals surface area (Å²) in [5, 5.41) is 21.3. The van der Waals surface area contributed by atoms with E-state index in [2.05, 4.69) is 0 Å². The zero-order valence-corrected chi connectivity index (χ0v) is 17.7. The monoisotopic (exact) mass is 473 g/mol. The smallest absolute Gasteiger partial charge is 0.477 e. The lowest BCUT2D eigenvalue weighted by Crippen LogP contribution is -2.53. The van der Waals surface area contributed by atoms with Crippen LogP contribution < -0.4 is 9.22 Å². The van der Waals surface area contributed by atoms with Crippen LogP contribution in [-0.4, -0.2) is 56.5 Å². The molecule has 0 bridgehead atoms. The van der Waals surface area contributed by atoms with Crippen molar-refractivity contribution in [1.29, 1.82) is 0 Å². The molecule has 1 N–H and O–H groups in total. The lowest BCUT2D eigenvalue weighted by Gasteiger charge is -2.29. The van der Waals surface area contributed by atoms with Crippen molar-refractivity contribution in [3.05, 3.63) is 57.6 Å². The maximum absolute atomic E-state index is 12.8. The summed E-state index contributed by atoms with van der Waals surface area (Å²) in [6, 6.07) is 5.43. The normalized spacial score (nSPS) is 13.2. The highest BCUT2D eigenvalue weighted by atomic mass is 19.4. The Morgan fingerprint density at radius 3 is 2.18 bits per heavy atom. The molecular formula is C20H20F3N2O8+. The first-order valence-corrected chi connectivity index (χ1v) is 9.19. The lowest BCUT2D eigenvalue weighted by atomic mass is 10.1. The quantitative estimate of drug-likeness (QED) is 0.339. The molecule has 0 saturated heterocycles. The van der Waals surface area contributed by atoms with Crippen molar-refractivity contribution in [2.75, 3.05) is 34.4 Å². The van der Waals surface area contributed by atoms with Crippen LogP contribution in [0.4, 0.5) is 29.3 Å². The van der Waals surface area contributed by atoms with E-state index in [1.165, 1.54) is 14.2 Å². The number of alkyl halides is 3. The Balaban J connectivity index is 2.69. The van der Waals surface area contributed by atoms with Crippen LogP contribution in [0.25, 0.3) is 0 Å². The molecule has 2 aromatic carbocycles. The zero-order chi connectivity index (χ0) is 25.0. The van der Waals surface area contributed by atoms with Crippen LogP contribution in [0.1, 0.15) is 15.9 Å². The average Bonchev–Trinajstić information content (AvgIpc) is 2.75. The number of amides is 1. The number of rotatable bonds is 8. The number of hydrogen-bond donors (Lipinski definition) is 1. The molecule has 178 valence electrons. The first-order valence-electron chi connectivity index (χ1n) is 9.19. The number of nitro benzene ring substituents is 1. The van der Waals surface area contributed by atoms with Gasteiger partial charge in [0.05, 0.1) is 31.3 Å². The average molecular weight is 473 g/mol. The molecule has 0 fully saturated rings. The van der Waals surface area contributed by atoms with Gasteiger partial charge in [0.15, 0.2) is 0 Å². The molecule has 2 aromatic rings. The summed E-state index contributed by atoms with van der Waals surface area (Å²) in [5.41, 5.74) is -2.96. The molecule has 0 aliphatic heterocycles. The maximum Gasteiger partial charge on any atom is 0.521 e. The zero-order valence-electron chi connectivity index (χ0n) is 17.7. The Bertz CT molecular complexity index is 1060. The van der Waals surface area contributed by atoms with Crippen molar-refractivity contribution in [3.63, 3.8) is 0 Å². The van der Waals surface area contributed by atoms with Gasteiger partial charge in [0.1, 0.15) is 23.6 Å². The van der Waals surface area contributed by atoms with Gasteiger partial charge in [-0.3, -0.25) is 10.1 Å². The summed E-state index contributed by atoms with van der Waals surface area (Å²) < 4.78 is 52.7. The lowest BCUT2D eigenvalue weighted by molar-refractivity contribution is -0.385. The predicted molar refractivity (Wildman–Crippen MR) is 108 cm³/mol. The van der Waals surface area contributed by atoms with Gasteiger partial charge < -0.3 is 19.3 Å². The first kappa shape index (κ1) is 25.5. The number of nitro groups is 1. The number of carboxylic acids is 1. The Morgan fingerprint density at radius 2 is 1.73 bits per heavy atom. The third kappa shape index (κ3) is 5.56. The van der Waals surface area contributed by atoms with Gasteiger partial charge in [-0.1, -0.05) is 0 Å². The second-order valence-corrected chi connectivity index (χ2v) is 6.90. The molecule has 2 rings (SSSR count). The summed E-state index contributed by atoms with van der Waals surface area (Å²) in [5.74, 6) is -2.02. The van der Waals surface area contributed by atoms with E-state index in [9.17, 15) is 38.0 Å². The third-order valence-corrected chi connectivity index (χ3v) is 4.75. The fraction of sp³-hybridized carbons (Fsp3) is 0.300. The fourth-order valence-corrected chi connectivity index (χ4v) is 3.02. The third-order valence-electron chi connectivity index (χ3n) is 4.75. The Hall–Kier alpha value is -3.71. The number of nitrogens with zero attached hydrogens (tertiary/aromatic N) is 2. The highest BCUT2D eigenvalue weighted by Gasteiger charge is 2.44. The number of ether oxygens (including phenoxy) is 3. The SMILES string of the molecule is COCC[N+](C)(C(=O)OC)c1cc(Oc2ccc(C(F)(F)F)cc2)cc(C(=O)O)c1[N+](=O)[O-]. The molecule has 10 nitrogen and oxygen atoms in total. The minimum absolute atomic E-state index is 0.0465. The number of likely N-dealkylation sites (N-methyl/N-ethyl adjacent to an activating group) is 1. The van der Waals surface area contributed by atoms with Crippen LogP contribution in [0, 0.1) is 10.1 Å². The summed E-state index contributed by atoms with van der Waals surface area (Å²) in [6.45, 7) is -0.206. The largest absolute Gasteiger partial charge is 0.521 e. The predicted octanol–water partition coefficient (Wildman–Crippen LogP) is 4.45. The molecule has 0 saturated carbocycles. The number of carbonyl (C=O) groups excluding carboxylic acids is 1. The van der Waals surface area contributed by atoms with Gasteiger partial charge >= 0.3 is 23.9 Å². The van der Waals surface area contributed by atoms with Gasteiger partial charge in [-0.25, -0.2) is 4.79 Å². The number of quaternary nitrogens is 1. The van der Waals surface area contributed by atoms with E-state index in [1.54, 1.807) is 0 Å².